The fraction of sp³-hybridized carbons (Fsp3) is 0. The van der Waals surface area contributed by atoms with Crippen LogP contribution < -0.4 is 4.72 Å². The van der Waals surface area contributed by atoms with Gasteiger partial charge in [0.25, 0.3) is 10.0 Å². The minimum atomic E-state index is -3.60. The molecule has 0 bridgehead atoms. The molecule has 2 N–H and O–H groups in total. The molecule has 0 fully saturated rings. The summed E-state index contributed by atoms with van der Waals surface area (Å²) in [5.41, 5.74) is 3.36. The highest BCUT2D eigenvalue weighted by Crippen LogP contribution is 2.26. The van der Waals surface area contributed by atoms with Crippen LogP contribution in [0.4, 0.5) is 5.69 Å². The number of aromatic amines is 1. The smallest absolute Gasteiger partial charge is 0.261 e. The summed E-state index contributed by atoms with van der Waals surface area (Å²) in [4.78, 5) is 0.235. The van der Waals surface area contributed by atoms with Crippen molar-refractivity contribution in [2.45, 2.75) is 4.90 Å². The first-order valence-electron chi connectivity index (χ1n) is 7.73. The second kappa shape index (κ2) is 6.07. The van der Waals surface area contributed by atoms with Crippen LogP contribution in [0.25, 0.3) is 22.0 Å². The van der Waals surface area contributed by atoms with Crippen LogP contribution in [0.3, 0.4) is 0 Å². The van der Waals surface area contributed by atoms with Gasteiger partial charge >= 0.3 is 0 Å². The lowest BCUT2D eigenvalue weighted by Crippen LogP contribution is -2.12. The van der Waals surface area contributed by atoms with Gasteiger partial charge in [0.1, 0.15) is 0 Å². The average Bonchev–Trinajstić information content (AvgIpc) is 3.10. The minimum absolute atomic E-state index is 0.235. The molecule has 5 nitrogen and oxygen atoms in total. The van der Waals surface area contributed by atoms with Crippen molar-refractivity contribution in [2.24, 2.45) is 0 Å². The maximum atomic E-state index is 12.5. The monoisotopic (exact) mass is 349 g/mol. The van der Waals surface area contributed by atoms with E-state index < -0.39 is 10.0 Å². The van der Waals surface area contributed by atoms with Gasteiger partial charge in [-0.1, -0.05) is 42.5 Å². The van der Waals surface area contributed by atoms with Crippen LogP contribution in [0.15, 0.2) is 83.9 Å². The standard InChI is InChI=1S/C19H15N3O2S/c23-25(24,18-7-2-1-3-8-18)22-17-6-4-5-14(11-17)15-9-10-16-13-20-21-19(16)12-15/h1-13,22H,(H,20,21). The highest BCUT2D eigenvalue weighted by Gasteiger charge is 2.13. The first-order valence-corrected chi connectivity index (χ1v) is 9.22. The molecule has 0 aliphatic rings. The minimum Gasteiger partial charge on any atom is -0.280 e. The predicted octanol–water partition coefficient (Wildman–Crippen LogP) is 4.03. The van der Waals surface area contributed by atoms with E-state index in [0.29, 0.717) is 5.69 Å². The lowest BCUT2D eigenvalue weighted by molar-refractivity contribution is 0.601. The Kier molecular flexibility index (Phi) is 3.74. The Bertz CT molecular complexity index is 1140. The molecule has 1 aromatic heterocycles. The van der Waals surface area contributed by atoms with Crippen molar-refractivity contribution < 1.29 is 8.42 Å². The SMILES string of the molecule is O=S(=O)(Nc1cccc(-c2ccc3cn[nH]c3c2)c1)c1ccccc1. The zero-order chi connectivity index (χ0) is 17.3. The molecule has 0 radical (unpaired) electrons. The summed E-state index contributed by atoms with van der Waals surface area (Å²) in [5, 5.41) is 7.99. The predicted molar refractivity (Wildman–Crippen MR) is 98.8 cm³/mol. The molecular formula is C19H15N3O2S. The van der Waals surface area contributed by atoms with Gasteiger partial charge < -0.3 is 0 Å². The van der Waals surface area contributed by atoms with Crippen LogP contribution in [0.1, 0.15) is 0 Å². The molecule has 0 aliphatic heterocycles. The van der Waals surface area contributed by atoms with Gasteiger partial charge in [0.05, 0.1) is 16.6 Å². The van der Waals surface area contributed by atoms with Crippen molar-refractivity contribution in [1.82, 2.24) is 10.2 Å². The third-order valence-corrected chi connectivity index (χ3v) is 5.34. The van der Waals surface area contributed by atoms with E-state index >= 15 is 0 Å². The zero-order valence-corrected chi connectivity index (χ0v) is 14.0. The normalized spacial score (nSPS) is 11.5. The average molecular weight is 349 g/mol. The summed E-state index contributed by atoms with van der Waals surface area (Å²) in [5.74, 6) is 0. The molecule has 3 aromatic carbocycles. The lowest BCUT2D eigenvalue weighted by Gasteiger charge is -2.10. The molecule has 0 saturated carbocycles. The first kappa shape index (κ1) is 15.4. The van der Waals surface area contributed by atoms with Gasteiger partial charge in [-0.2, -0.15) is 5.10 Å². The van der Waals surface area contributed by atoms with Gasteiger partial charge in [0, 0.05) is 11.1 Å². The largest absolute Gasteiger partial charge is 0.280 e. The molecule has 4 rings (SSSR count). The number of fused-ring (bicyclic) bond motifs is 1. The summed E-state index contributed by atoms with van der Waals surface area (Å²) >= 11 is 0. The van der Waals surface area contributed by atoms with E-state index in [0.717, 1.165) is 22.0 Å². The van der Waals surface area contributed by atoms with Crippen LogP contribution in [-0.4, -0.2) is 18.6 Å². The molecule has 25 heavy (non-hydrogen) atoms. The van der Waals surface area contributed by atoms with Crippen LogP contribution in [0, 0.1) is 0 Å². The van der Waals surface area contributed by atoms with Gasteiger partial charge in [0.2, 0.25) is 0 Å². The number of benzene rings is 3. The number of nitrogens with zero attached hydrogens (tertiary/aromatic N) is 1. The quantitative estimate of drug-likeness (QED) is 0.584. The van der Waals surface area contributed by atoms with Crippen molar-refractivity contribution in [3.63, 3.8) is 0 Å². The van der Waals surface area contributed by atoms with Crippen LogP contribution in [0.5, 0.6) is 0 Å². The van der Waals surface area contributed by atoms with Crippen molar-refractivity contribution in [1.29, 1.82) is 0 Å². The van der Waals surface area contributed by atoms with Gasteiger partial charge in [-0.25, -0.2) is 8.42 Å². The third-order valence-electron chi connectivity index (χ3n) is 3.94. The first-order chi connectivity index (χ1) is 12.1. The van der Waals surface area contributed by atoms with Crippen molar-refractivity contribution >= 4 is 26.6 Å². The highest BCUT2D eigenvalue weighted by atomic mass is 32.2. The molecule has 0 atom stereocenters. The molecule has 1 heterocycles. The van der Waals surface area contributed by atoms with Gasteiger partial charge in [-0.05, 0) is 41.5 Å². The Morgan fingerprint density at radius 2 is 1.64 bits per heavy atom. The van der Waals surface area contributed by atoms with Crippen LogP contribution >= 0.6 is 0 Å². The van der Waals surface area contributed by atoms with E-state index in [1.165, 1.54) is 0 Å². The van der Waals surface area contributed by atoms with Crippen molar-refractivity contribution in [3.05, 3.63) is 79.0 Å². The number of rotatable bonds is 4. The molecule has 4 aromatic rings. The second-order valence-electron chi connectivity index (χ2n) is 5.67. The summed E-state index contributed by atoms with van der Waals surface area (Å²) in [7, 11) is -3.60. The molecule has 0 amide bonds. The molecule has 0 unspecified atom stereocenters. The van der Waals surface area contributed by atoms with Gasteiger partial charge in [0.15, 0.2) is 0 Å². The van der Waals surface area contributed by atoms with E-state index in [4.69, 9.17) is 0 Å². The summed E-state index contributed by atoms with van der Waals surface area (Å²) in [6, 6.07) is 21.6. The molecule has 0 saturated heterocycles. The number of nitrogens with one attached hydrogen (secondary N) is 2. The number of H-pyrrole nitrogens is 1. The van der Waals surface area contributed by atoms with Crippen LogP contribution in [-0.2, 0) is 10.0 Å². The molecule has 6 heteroatoms. The van der Waals surface area contributed by atoms with Crippen molar-refractivity contribution in [3.8, 4) is 11.1 Å². The Hall–Kier alpha value is -3.12. The molecular weight excluding hydrogens is 334 g/mol. The van der Waals surface area contributed by atoms with E-state index in [1.807, 2.05) is 36.4 Å². The summed E-state index contributed by atoms with van der Waals surface area (Å²) in [6.45, 7) is 0. The topological polar surface area (TPSA) is 74.8 Å². The number of aromatic nitrogens is 2. The second-order valence-corrected chi connectivity index (χ2v) is 7.35. The Morgan fingerprint density at radius 3 is 2.48 bits per heavy atom. The van der Waals surface area contributed by atoms with E-state index in [9.17, 15) is 8.42 Å². The highest BCUT2D eigenvalue weighted by molar-refractivity contribution is 7.92. The molecule has 124 valence electrons. The van der Waals surface area contributed by atoms with E-state index in [2.05, 4.69) is 14.9 Å². The Labute approximate surface area is 145 Å². The fourth-order valence-corrected chi connectivity index (χ4v) is 3.76. The number of sulfonamides is 1. The maximum absolute atomic E-state index is 12.5. The molecule has 0 spiro atoms. The third kappa shape index (κ3) is 3.12. The number of hydrogen-bond donors (Lipinski definition) is 2. The lowest BCUT2D eigenvalue weighted by atomic mass is 10.0. The maximum Gasteiger partial charge on any atom is 0.261 e. The summed E-state index contributed by atoms with van der Waals surface area (Å²) < 4.78 is 27.6. The van der Waals surface area contributed by atoms with Crippen LogP contribution in [0.2, 0.25) is 0 Å². The number of anilines is 1. The van der Waals surface area contributed by atoms with E-state index in [-0.39, 0.29) is 4.90 Å². The summed E-state index contributed by atoms with van der Waals surface area (Å²) in [6.07, 6.45) is 1.77. The zero-order valence-electron chi connectivity index (χ0n) is 13.2. The van der Waals surface area contributed by atoms with Gasteiger partial charge in [-0.15, -0.1) is 0 Å². The number of hydrogen-bond acceptors (Lipinski definition) is 3. The fourth-order valence-electron chi connectivity index (χ4n) is 2.69. The van der Waals surface area contributed by atoms with E-state index in [1.54, 1.807) is 42.6 Å². The van der Waals surface area contributed by atoms with Crippen molar-refractivity contribution in [2.75, 3.05) is 4.72 Å². The Morgan fingerprint density at radius 1 is 0.840 bits per heavy atom. The Balaban J connectivity index is 1.67. The molecule has 0 aliphatic carbocycles. The van der Waals surface area contributed by atoms with Gasteiger partial charge in [-0.3, -0.25) is 9.82 Å².